The normalized spacial score (nSPS) is 15.3. The van der Waals surface area contributed by atoms with E-state index in [2.05, 4.69) is 18.7 Å². The topological polar surface area (TPSA) is 72.2 Å². The quantitative estimate of drug-likeness (QED) is 0.420. The Morgan fingerprint density at radius 2 is 1.86 bits per heavy atom. The number of para-hydroxylation sites is 1. The van der Waals surface area contributed by atoms with Crippen molar-refractivity contribution >= 4 is 16.9 Å². The Balaban J connectivity index is 1.78. The van der Waals surface area contributed by atoms with E-state index in [0.717, 1.165) is 24.9 Å². The Kier molecular flexibility index (Phi) is 7.45. The van der Waals surface area contributed by atoms with Crippen LogP contribution in [0, 0.1) is 5.92 Å². The van der Waals surface area contributed by atoms with Gasteiger partial charge in [0.1, 0.15) is 5.58 Å². The lowest BCUT2D eigenvalue weighted by atomic mass is 9.98. The van der Waals surface area contributed by atoms with Gasteiger partial charge >= 0.3 is 0 Å². The molecule has 0 saturated heterocycles. The minimum atomic E-state index is -0.556. The van der Waals surface area contributed by atoms with Gasteiger partial charge in [-0.25, -0.2) is 0 Å². The molecule has 1 amide bonds. The maximum atomic E-state index is 13.6. The molecule has 0 N–H and O–H groups in total. The smallest absolute Gasteiger partial charge is 0.290 e. The van der Waals surface area contributed by atoms with Crippen LogP contribution in [0.25, 0.3) is 11.0 Å². The first kappa shape index (κ1) is 24.8. The number of amides is 1. The average Bonchev–Trinajstić information content (AvgIpc) is 3.11. The predicted octanol–water partition coefficient (Wildman–Crippen LogP) is 4.72. The third kappa shape index (κ3) is 5.05. The van der Waals surface area contributed by atoms with Gasteiger partial charge in [0.05, 0.1) is 30.7 Å². The zero-order valence-corrected chi connectivity index (χ0v) is 21.2. The predicted molar refractivity (Wildman–Crippen MR) is 136 cm³/mol. The van der Waals surface area contributed by atoms with Crippen LogP contribution in [-0.2, 0) is 0 Å². The highest BCUT2D eigenvalue weighted by Gasteiger charge is 2.42. The number of nitrogens with zero attached hydrogens (tertiary/aromatic N) is 2. The van der Waals surface area contributed by atoms with Crippen LogP contribution in [0.5, 0.6) is 11.5 Å². The Labute approximate surface area is 206 Å². The summed E-state index contributed by atoms with van der Waals surface area (Å²) in [5.74, 6) is 1.62. The Hall–Kier alpha value is -3.32. The van der Waals surface area contributed by atoms with Crippen molar-refractivity contribution in [2.24, 2.45) is 5.92 Å². The highest BCUT2D eigenvalue weighted by atomic mass is 16.5. The number of methoxy groups -OCH3 is 1. The van der Waals surface area contributed by atoms with Crippen molar-refractivity contribution in [2.75, 3.05) is 40.9 Å². The fourth-order valence-corrected chi connectivity index (χ4v) is 4.48. The molecule has 1 aliphatic rings. The number of hydrogen-bond donors (Lipinski definition) is 0. The molecular weight excluding hydrogens is 444 g/mol. The molecule has 0 unspecified atom stereocenters. The summed E-state index contributed by atoms with van der Waals surface area (Å²) in [6.07, 6.45) is 1.70. The summed E-state index contributed by atoms with van der Waals surface area (Å²) in [7, 11) is 5.59. The lowest BCUT2D eigenvalue weighted by Gasteiger charge is -2.26. The average molecular weight is 479 g/mol. The molecule has 7 nitrogen and oxygen atoms in total. The van der Waals surface area contributed by atoms with E-state index in [9.17, 15) is 9.59 Å². The number of rotatable bonds is 10. The van der Waals surface area contributed by atoms with E-state index in [0.29, 0.717) is 47.1 Å². The second-order valence-corrected chi connectivity index (χ2v) is 9.67. The molecule has 2 heterocycles. The fraction of sp³-hybridized carbons (Fsp3) is 0.429. The Morgan fingerprint density at radius 1 is 1.09 bits per heavy atom. The second kappa shape index (κ2) is 10.5. The molecular formula is C28H34N2O5. The van der Waals surface area contributed by atoms with E-state index in [4.69, 9.17) is 13.9 Å². The molecule has 1 atom stereocenters. The summed E-state index contributed by atoms with van der Waals surface area (Å²) in [5.41, 5.74) is 1.42. The van der Waals surface area contributed by atoms with Crippen molar-refractivity contribution < 1.29 is 18.7 Å². The number of ether oxygens (including phenoxy) is 2. The summed E-state index contributed by atoms with van der Waals surface area (Å²) >= 11 is 0. The summed E-state index contributed by atoms with van der Waals surface area (Å²) in [5, 5.41) is 0.472. The number of benzene rings is 2. The van der Waals surface area contributed by atoms with Gasteiger partial charge in [0.15, 0.2) is 16.9 Å². The van der Waals surface area contributed by atoms with E-state index >= 15 is 0 Å². The summed E-state index contributed by atoms with van der Waals surface area (Å²) in [6.45, 7) is 6.21. The molecule has 186 valence electrons. The zero-order valence-electron chi connectivity index (χ0n) is 21.2. The molecule has 0 bridgehead atoms. The van der Waals surface area contributed by atoms with Crippen molar-refractivity contribution in [3.8, 4) is 11.5 Å². The SMILES string of the molecule is COc1cc([C@H]2c3c(oc4ccccc4c3=O)C(=O)N2CCCN(C)C)ccc1OCCC(C)C. The molecule has 0 radical (unpaired) electrons. The van der Waals surface area contributed by atoms with Gasteiger partial charge in [0.25, 0.3) is 5.91 Å². The molecule has 0 fully saturated rings. The maximum Gasteiger partial charge on any atom is 0.290 e. The largest absolute Gasteiger partial charge is 0.493 e. The van der Waals surface area contributed by atoms with Gasteiger partial charge in [-0.3, -0.25) is 9.59 Å². The van der Waals surface area contributed by atoms with E-state index in [1.54, 1.807) is 36.3 Å². The van der Waals surface area contributed by atoms with Gasteiger partial charge < -0.3 is 23.7 Å². The Bertz CT molecular complexity index is 1260. The number of hydrogen-bond acceptors (Lipinski definition) is 6. The first-order chi connectivity index (χ1) is 16.8. The standard InChI is InChI=1S/C28H34N2O5/c1-18(2)13-16-34-22-12-11-19(17-23(22)33-5)25-24-26(31)20-9-6-7-10-21(20)35-27(24)28(32)30(25)15-8-14-29(3)4/h6-7,9-12,17-18,25H,8,13-16H2,1-5H3/t25-/m0/s1. The molecule has 1 aromatic heterocycles. The van der Waals surface area contributed by atoms with E-state index in [-0.39, 0.29) is 17.1 Å². The van der Waals surface area contributed by atoms with Crippen molar-refractivity contribution in [3.05, 3.63) is 69.6 Å². The van der Waals surface area contributed by atoms with Crippen LogP contribution in [0.3, 0.4) is 0 Å². The molecule has 1 aliphatic heterocycles. The maximum absolute atomic E-state index is 13.6. The van der Waals surface area contributed by atoms with Gasteiger partial charge in [-0.2, -0.15) is 0 Å². The minimum Gasteiger partial charge on any atom is -0.493 e. The van der Waals surface area contributed by atoms with E-state index < -0.39 is 6.04 Å². The highest BCUT2D eigenvalue weighted by molar-refractivity contribution is 5.99. The lowest BCUT2D eigenvalue weighted by molar-refractivity contribution is 0.0722. The Morgan fingerprint density at radius 3 is 2.57 bits per heavy atom. The number of carbonyl (C=O) groups is 1. The van der Waals surface area contributed by atoms with Crippen LogP contribution < -0.4 is 14.9 Å². The van der Waals surface area contributed by atoms with Crippen LogP contribution in [0.15, 0.2) is 51.7 Å². The number of carbonyl (C=O) groups excluding carboxylic acids is 1. The second-order valence-electron chi connectivity index (χ2n) is 9.67. The van der Waals surface area contributed by atoms with E-state index in [1.165, 1.54) is 0 Å². The third-order valence-electron chi connectivity index (χ3n) is 6.33. The molecule has 2 aromatic carbocycles. The molecule has 0 saturated carbocycles. The van der Waals surface area contributed by atoms with Crippen molar-refractivity contribution in [2.45, 2.75) is 32.7 Å². The van der Waals surface area contributed by atoms with Gasteiger partial charge in [-0.05, 0) is 69.2 Å². The third-order valence-corrected chi connectivity index (χ3v) is 6.33. The highest BCUT2D eigenvalue weighted by Crippen LogP contribution is 2.41. The van der Waals surface area contributed by atoms with Gasteiger partial charge in [0, 0.05) is 6.54 Å². The first-order valence-corrected chi connectivity index (χ1v) is 12.1. The molecule has 4 rings (SSSR count). The fourth-order valence-electron chi connectivity index (χ4n) is 4.48. The molecule has 7 heteroatoms. The summed E-state index contributed by atoms with van der Waals surface area (Å²) in [6, 6.07) is 12.1. The van der Waals surface area contributed by atoms with Crippen LogP contribution >= 0.6 is 0 Å². The minimum absolute atomic E-state index is 0.125. The van der Waals surface area contributed by atoms with Gasteiger partial charge in [0.2, 0.25) is 5.76 Å². The molecule has 0 aliphatic carbocycles. The summed E-state index contributed by atoms with van der Waals surface area (Å²) < 4.78 is 17.6. The number of fused-ring (bicyclic) bond motifs is 2. The first-order valence-electron chi connectivity index (χ1n) is 12.1. The zero-order chi connectivity index (χ0) is 25.1. The molecule has 3 aromatic rings. The van der Waals surface area contributed by atoms with Crippen LogP contribution in [-0.4, -0.2) is 56.6 Å². The van der Waals surface area contributed by atoms with Crippen LogP contribution in [0.2, 0.25) is 0 Å². The van der Waals surface area contributed by atoms with Gasteiger partial charge in [-0.1, -0.05) is 32.0 Å². The van der Waals surface area contributed by atoms with Gasteiger partial charge in [-0.15, -0.1) is 0 Å². The van der Waals surface area contributed by atoms with Crippen molar-refractivity contribution in [1.29, 1.82) is 0 Å². The monoisotopic (exact) mass is 478 g/mol. The molecule has 35 heavy (non-hydrogen) atoms. The van der Waals surface area contributed by atoms with Crippen molar-refractivity contribution in [3.63, 3.8) is 0 Å². The molecule has 0 spiro atoms. The summed E-state index contributed by atoms with van der Waals surface area (Å²) in [4.78, 5) is 30.9. The van der Waals surface area contributed by atoms with Crippen molar-refractivity contribution in [1.82, 2.24) is 9.80 Å². The lowest BCUT2D eigenvalue weighted by Crippen LogP contribution is -2.32. The van der Waals surface area contributed by atoms with Crippen LogP contribution in [0.4, 0.5) is 0 Å². The van der Waals surface area contributed by atoms with E-state index in [1.807, 2.05) is 32.3 Å². The van der Waals surface area contributed by atoms with Crippen LogP contribution in [0.1, 0.15) is 54.4 Å².